The molecule has 0 aromatic carbocycles. The van der Waals surface area contributed by atoms with Crippen molar-refractivity contribution >= 4 is 5.82 Å². The van der Waals surface area contributed by atoms with Crippen LogP contribution >= 0.6 is 0 Å². The maximum atomic E-state index is 5.82. The predicted molar refractivity (Wildman–Crippen MR) is 87.6 cm³/mol. The third kappa shape index (κ3) is 4.97. The third-order valence-electron chi connectivity index (χ3n) is 3.89. The van der Waals surface area contributed by atoms with E-state index in [1.54, 1.807) is 0 Å². The molecule has 1 aromatic rings. The highest BCUT2D eigenvalue weighted by molar-refractivity contribution is 5.43. The molecular formula is C17H29N3O. The standard InChI is InChI=1S/C17H29N3O/c1-17(2,3)15-9-14(11-18)10-16(19-15)20(4)7-8-21-12-13-5-6-13/h9-10,13H,5-8,11-12,18H2,1-4H3. The Morgan fingerprint density at radius 2 is 2.05 bits per heavy atom. The fourth-order valence-corrected chi connectivity index (χ4v) is 2.12. The third-order valence-corrected chi connectivity index (χ3v) is 3.89. The SMILES string of the molecule is CN(CCOCC1CC1)c1cc(CN)cc(C(C)(C)C)n1. The molecule has 0 bridgehead atoms. The Hall–Kier alpha value is -1.13. The fourth-order valence-electron chi connectivity index (χ4n) is 2.12. The lowest BCUT2D eigenvalue weighted by atomic mass is 9.90. The molecule has 0 atom stereocenters. The first-order valence-electron chi connectivity index (χ1n) is 7.90. The van der Waals surface area contributed by atoms with E-state index in [9.17, 15) is 0 Å². The monoisotopic (exact) mass is 291 g/mol. The summed E-state index contributed by atoms with van der Waals surface area (Å²) in [5.41, 5.74) is 8.08. The number of likely N-dealkylation sites (N-methyl/N-ethyl adjacent to an activating group) is 1. The summed E-state index contributed by atoms with van der Waals surface area (Å²) < 4.78 is 5.71. The second kappa shape index (κ2) is 6.75. The molecule has 1 heterocycles. The molecule has 0 radical (unpaired) electrons. The van der Waals surface area contributed by atoms with Gasteiger partial charge in [0.2, 0.25) is 0 Å². The number of anilines is 1. The average Bonchev–Trinajstić information content (AvgIpc) is 3.26. The number of pyridine rings is 1. The summed E-state index contributed by atoms with van der Waals surface area (Å²) in [6, 6.07) is 4.19. The van der Waals surface area contributed by atoms with Crippen molar-refractivity contribution in [2.75, 3.05) is 31.7 Å². The van der Waals surface area contributed by atoms with Crippen LogP contribution < -0.4 is 10.6 Å². The molecule has 21 heavy (non-hydrogen) atoms. The summed E-state index contributed by atoms with van der Waals surface area (Å²) >= 11 is 0. The van der Waals surface area contributed by atoms with Crippen LogP contribution in [0.4, 0.5) is 5.82 Å². The first-order chi connectivity index (χ1) is 9.90. The van der Waals surface area contributed by atoms with E-state index in [1.165, 1.54) is 12.8 Å². The molecule has 4 heteroatoms. The summed E-state index contributed by atoms with van der Waals surface area (Å²) in [6.07, 6.45) is 2.68. The zero-order valence-corrected chi connectivity index (χ0v) is 13.9. The second-order valence-corrected chi connectivity index (χ2v) is 7.11. The van der Waals surface area contributed by atoms with Crippen LogP contribution in [0.2, 0.25) is 0 Å². The number of ether oxygens (including phenoxy) is 1. The molecule has 118 valence electrons. The molecular weight excluding hydrogens is 262 g/mol. The Labute approximate surface area is 128 Å². The van der Waals surface area contributed by atoms with E-state index in [0.29, 0.717) is 6.54 Å². The van der Waals surface area contributed by atoms with Crippen LogP contribution in [0.25, 0.3) is 0 Å². The Balaban J connectivity index is 1.98. The van der Waals surface area contributed by atoms with Crippen molar-refractivity contribution in [1.29, 1.82) is 0 Å². The molecule has 1 aliphatic rings. The van der Waals surface area contributed by atoms with Crippen molar-refractivity contribution in [2.45, 2.75) is 45.6 Å². The quantitative estimate of drug-likeness (QED) is 0.785. The van der Waals surface area contributed by atoms with Crippen molar-refractivity contribution in [3.8, 4) is 0 Å². The molecule has 0 aliphatic heterocycles. The molecule has 0 unspecified atom stereocenters. The number of hydrogen-bond acceptors (Lipinski definition) is 4. The van der Waals surface area contributed by atoms with E-state index in [1.807, 2.05) is 0 Å². The van der Waals surface area contributed by atoms with Crippen molar-refractivity contribution in [2.24, 2.45) is 11.7 Å². The van der Waals surface area contributed by atoms with E-state index < -0.39 is 0 Å². The van der Waals surface area contributed by atoms with Gasteiger partial charge < -0.3 is 15.4 Å². The predicted octanol–water partition coefficient (Wildman–Crippen LogP) is 2.70. The molecule has 2 rings (SSSR count). The largest absolute Gasteiger partial charge is 0.379 e. The summed E-state index contributed by atoms with van der Waals surface area (Å²) in [7, 11) is 2.07. The van der Waals surface area contributed by atoms with Gasteiger partial charge in [-0.3, -0.25) is 0 Å². The highest BCUT2D eigenvalue weighted by Crippen LogP contribution is 2.28. The van der Waals surface area contributed by atoms with Crippen LogP contribution in [0.15, 0.2) is 12.1 Å². The van der Waals surface area contributed by atoms with E-state index >= 15 is 0 Å². The van der Waals surface area contributed by atoms with Crippen LogP contribution in [0, 0.1) is 5.92 Å². The van der Waals surface area contributed by atoms with Crippen molar-refractivity contribution in [3.63, 3.8) is 0 Å². The first-order valence-corrected chi connectivity index (χ1v) is 7.90. The van der Waals surface area contributed by atoms with Crippen LogP contribution in [0.3, 0.4) is 0 Å². The van der Waals surface area contributed by atoms with Crippen molar-refractivity contribution in [3.05, 3.63) is 23.4 Å². The summed E-state index contributed by atoms with van der Waals surface area (Å²) in [4.78, 5) is 6.95. The Kier molecular flexibility index (Phi) is 5.22. The maximum absolute atomic E-state index is 5.82. The number of nitrogens with two attached hydrogens (primary N) is 1. The van der Waals surface area contributed by atoms with E-state index in [2.05, 4.69) is 44.9 Å². The Morgan fingerprint density at radius 1 is 1.33 bits per heavy atom. The minimum absolute atomic E-state index is 0.0310. The second-order valence-electron chi connectivity index (χ2n) is 7.11. The van der Waals surface area contributed by atoms with Gasteiger partial charge >= 0.3 is 0 Å². The van der Waals surface area contributed by atoms with Crippen LogP contribution in [-0.2, 0) is 16.7 Å². The van der Waals surface area contributed by atoms with Crippen LogP contribution in [-0.4, -0.2) is 31.8 Å². The zero-order valence-electron chi connectivity index (χ0n) is 13.9. The lowest BCUT2D eigenvalue weighted by Gasteiger charge is -2.24. The lowest BCUT2D eigenvalue weighted by Crippen LogP contribution is -2.26. The van der Waals surface area contributed by atoms with Gasteiger partial charge in [0.15, 0.2) is 0 Å². The van der Waals surface area contributed by atoms with Crippen LogP contribution in [0.1, 0.15) is 44.9 Å². The molecule has 4 nitrogen and oxygen atoms in total. The van der Waals surface area contributed by atoms with Gasteiger partial charge in [-0.2, -0.15) is 0 Å². The minimum Gasteiger partial charge on any atom is -0.379 e. The topological polar surface area (TPSA) is 51.4 Å². The van der Waals surface area contributed by atoms with Gasteiger partial charge in [0.1, 0.15) is 5.82 Å². The Morgan fingerprint density at radius 3 is 2.62 bits per heavy atom. The minimum atomic E-state index is 0.0310. The summed E-state index contributed by atoms with van der Waals surface area (Å²) in [5, 5.41) is 0. The van der Waals surface area contributed by atoms with Crippen molar-refractivity contribution in [1.82, 2.24) is 4.98 Å². The van der Waals surface area contributed by atoms with E-state index in [-0.39, 0.29) is 5.41 Å². The smallest absolute Gasteiger partial charge is 0.128 e. The molecule has 0 spiro atoms. The number of rotatable bonds is 7. The zero-order chi connectivity index (χ0) is 15.5. The van der Waals surface area contributed by atoms with E-state index in [4.69, 9.17) is 15.5 Å². The molecule has 2 N–H and O–H groups in total. The highest BCUT2D eigenvalue weighted by Gasteiger charge is 2.21. The Bertz CT molecular complexity index is 464. The summed E-state index contributed by atoms with van der Waals surface area (Å²) in [6.45, 7) is 9.61. The first kappa shape index (κ1) is 16.2. The van der Waals surface area contributed by atoms with E-state index in [0.717, 1.165) is 42.8 Å². The fraction of sp³-hybridized carbons (Fsp3) is 0.706. The molecule has 1 saturated carbocycles. The van der Waals surface area contributed by atoms with Gasteiger partial charge in [0.25, 0.3) is 0 Å². The normalized spacial score (nSPS) is 15.3. The highest BCUT2D eigenvalue weighted by atomic mass is 16.5. The van der Waals surface area contributed by atoms with Gasteiger partial charge in [0, 0.05) is 37.9 Å². The van der Waals surface area contributed by atoms with Crippen LogP contribution in [0.5, 0.6) is 0 Å². The van der Waals surface area contributed by atoms with Gasteiger partial charge in [-0.25, -0.2) is 4.98 Å². The van der Waals surface area contributed by atoms with Gasteiger partial charge in [0.05, 0.1) is 6.61 Å². The summed E-state index contributed by atoms with van der Waals surface area (Å²) in [5.74, 6) is 1.80. The molecule has 1 aromatic heterocycles. The average molecular weight is 291 g/mol. The molecule has 0 saturated heterocycles. The number of aromatic nitrogens is 1. The van der Waals surface area contributed by atoms with Gasteiger partial charge in [-0.15, -0.1) is 0 Å². The maximum Gasteiger partial charge on any atom is 0.128 e. The van der Waals surface area contributed by atoms with Gasteiger partial charge in [-0.1, -0.05) is 20.8 Å². The number of nitrogens with zero attached hydrogens (tertiary/aromatic N) is 2. The molecule has 1 aliphatic carbocycles. The number of hydrogen-bond donors (Lipinski definition) is 1. The van der Waals surface area contributed by atoms with Gasteiger partial charge in [-0.05, 0) is 36.5 Å². The molecule has 0 amide bonds. The molecule has 1 fully saturated rings. The van der Waals surface area contributed by atoms with Crippen molar-refractivity contribution < 1.29 is 4.74 Å². The lowest BCUT2D eigenvalue weighted by molar-refractivity contribution is 0.131.